The van der Waals surface area contributed by atoms with E-state index in [4.69, 9.17) is 4.74 Å². The van der Waals surface area contributed by atoms with Crippen molar-refractivity contribution >= 4 is 44.1 Å². The van der Waals surface area contributed by atoms with E-state index in [1.807, 2.05) is 61.6 Å². The van der Waals surface area contributed by atoms with Gasteiger partial charge in [0.1, 0.15) is 5.69 Å². The monoisotopic (exact) mass is 652 g/mol. The van der Waals surface area contributed by atoms with Crippen LogP contribution >= 0.6 is 0 Å². The zero-order valence-corrected chi connectivity index (χ0v) is 29.0. The molecule has 2 aromatic carbocycles. The quantitative estimate of drug-likeness (QED) is 0.377. The third-order valence-electron chi connectivity index (χ3n) is 9.22. The first-order valence-electron chi connectivity index (χ1n) is 15.9. The number of likely N-dealkylation sites (N-methyl/N-ethyl adjacent to an activating group) is 1. The fraction of sp³-hybridized carbons (Fsp3) is 0.529. The van der Waals surface area contributed by atoms with Gasteiger partial charge in [-0.1, -0.05) is 39.0 Å². The lowest BCUT2D eigenvalue weighted by Gasteiger charge is -2.37. The zero-order chi connectivity index (χ0) is 33.4. The standard InChI is InChI=1S/C34H48N6O5S/c1-34(2,3)26-20-27(31(45-6)28(21-26)36-46(7,43)44)35-32(41)29-19-24-9-8-10-25(30(24)38(29)5)22-39-13-11-23(12-14-39)33(42)40-17-15-37(4)16-18-40/h8-10,19-21,23,36H,11-18,22H2,1-7H3,(H,35,41). The van der Waals surface area contributed by atoms with Crippen molar-refractivity contribution in [3.63, 3.8) is 0 Å². The van der Waals surface area contributed by atoms with Gasteiger partial charge < -0.3 is 24.4 Å². The van der Waals surface area contributed by atoms with Crippen molar-refractivity contribution in [2.75, 3.05) is 69.7 Å². The summed E-state index contributed by atoms with van der Waals surface area (Å²) in [5.41, 5.74) is 3.74. The van der Waals surface area contributed by atoms with E-state index in [1.54, 1.807) is 6.07 Å². The van der Waals surface area contributed by atoms with Crippen LogP contribution in [-0.2, 0) is 33.8 Å². The van der Waals surface area contributed by atoms with Crippen LogP contribution < -0.4 is 14.8 Å². The molecule has 3 heterocycles. The molecule has 5 rings (SSSR count). The number of sulfonamides is 1. The molecule has 0 radical (unpaired) electrons. The van der Waals surface area contributed by atoms with E-state index in [0.29, 0.717) is 17.3 Å². The number of fused-ring (bicyclic) bond motifs is 1. The molecule has 2 fully saturated rings. The number of para-hydroxylation sites is 1. The molecule has 0 bridgehead atoms. The van der Waals surface area contributed by atoms with E-state index in [1.165, 1.54) is 7.11 Å². The highest BCUT2D eigenvalue weighted by atomic mass is 32.2. The first-order chi connectivity index (χ1) is 21.6. The molecule has 46 heavy (non-hydrogen) atoms. The maximum absolute atomic E-state index is 13.8. The Bertz CT molecular complexity index is 1710. The molecule has 0 unspecified atom stereocenters. The molecule has 2 amide bonds. The number of nitrogens with one attached hydrogen (secondary N) is 2. The number of likely N-dealkylation sites (tertiary alicyclic amines) is 1. The van der Waals surface area contributed by atoms with Gasteiger partial charge in [0.15, 0.2) is 5.75 Å². The Morgan fingerprint density at radius 1 is 0.957 bits per heavy atom. The SMILES string of the molecule is COc1c(NC(=O)c2cc3cccc(CN4CCC(C(=O)N5CCN(C)CC5)CC4)c3n2C)cc(C(C)(C)C)cc1NS(C)(=O)=O. The van der Waals surface area contributed by atoms with Crippen LogP contribution in [0.5, 0.6) is 5.75 Å². The van der Waals surface area contributed by atoms with Crippen LogP contribution in [0.2, 0.25) is 0 Å². The predicted molar refractivity (Wildman–Crippen MR) is 183 cm³/mol. The van der Waals surface area contributed by atoms with Gasteiger partial charge in [0, 0.05) is 51.1 Å². The summed E-state index contributed by atoms with van der Waals surface area (Å²) in [4.78, 5) is 33.6. The minimum atomic E-state index is -3.60. The number of carbonyl (C=O) groups is 2. The van der Waals surface area contributed by atoms with E-state index in [0.717, 1.165) is 86.9 Å². The van der Waals surface area contributed by atoms with Crippen molar-refractivity contribution < 1.29 is 22.7 Å². The van der Waals surface area contributed by atoms with Gasteiger partial charge in [-0.15, -0.1) is 0 Å². The van der Waals surface area contributed by atoms with Crippen LogP contribution in [0.25, 0.3) is 10.9 Å². The molecule has 0 saturated carbocycles. The Balaban J connectivity index is 1.34. The normalized spacial score (nSPS) is 17.3. The van der Waals surface area contributed by atoms with E-state index >= 15 is 0 Å². The number of carbonyl (C=O) groups excluding carboxylic acids is 2. The lowest BCUT2D eigenvalue weighted by molar-refractivity contribution is -0.138. The fourth-order valence-electron chi connectivity index (χ4n) is 6.55. The average Bonchev–Trinajstić information content (AvgIpc) is 3.33. The maximum Gasteiger partial charge on any atom is 0.272 e. The molecular weight excluding hydrogens is 604 g/mol. The lowest BCUT2D eigenvalue weighted by Crippen LogP contribution is -2.50. The second-order valence-electron chi connectivity index (χ2n) is 13.8. The molecule has 2 aliphatic heterocycles. The Morgan fingerprint density at radius 3 is 2.22 bits per heavy atom. The highest BCUT2D eigenvalue weighted by molar-refractivity contribution is 7.92. The van der Waals surface area contributed by atoms with E-state index in [9.17, 15) is 18.0 Å². The molecule has 2 N–H and O–H groups in total. The molecule has 250 valence electrons. The van der Waals surface area contributed by atoms with Crippen LogP contribution in [0.4, 0.5) is 11.4 Å². The lowest BCUT2D eigenvalue weighted by atomic mass is 9.86. The molecule has 1 aromatic heterocycles. The van der Waals surface area contributed by atoms with Crippen molar-refractivity contribution in [3.05, 3.63) is 53.2 Å². The summed E-state index contributed by atoms with van der Waals surface area (Å²) in [5.74, 6) is 0.294. The largest absolute Gasteiger partial charge is 0.492 e. The first kappa shape index (κ1) is 33.7. The summed E-state index contributed by atoms with van der Waals surface area (Å²) in [6.45, 7) is 12.0. The van der Waals surface area contributed by atoms with Crippen molar-refractivity contribution in [1.29, 1.82) is 0 Å². The number of anilines is 2. The summed E-state index contributed by atoms with van der Waals surface area (Å²) in [5, 5.41) is 3.95. The first-order valence-corrected chi connectivity index (χ1v) is 17.8. The number of methoxy groups -OCH3 is 1. The summed E-state index contributed by atoms with van der Waals surface area (Å²) >= 11 is 0. The molecule has 3 aromatic rings. The van der Waals surface area contributed by atoms with Crippen molar-refractivity contribution in [3.8, 4) is 5.75 Å². The second-order valence-corrected chi connectivity index (χ2v) is 15.6. The van der Waals surface area contributed by atoms with Gasteiger partial charge in [0.2, 0.25) is 15.9 Å². The number of aryl methyl sites for hydroxylation is 1. The maximum atomic E-state index is 13.8. The zero-order valence-electron chi connectivity index (χ0n) is 28.1. The average molecular weight is 653 g/mol. The number of amides is 2. The third-order valence-corrected chi connectivity index (χ3v) is 9.81. The smallest absolute Gasteiger partial charge is 0.272 e. The molecule has 0 spiro atoms. The van der Waals surface area contributed by atoms with Gasteiger partial charge >= 0.3 is 0 Å². The van der Waals surface area contributed by atoms with Crippen LogP contribution in [0, 0.1) is 5.92 Å². The Labute approximate surface area is 272 Å². The Hall–Kier alpha value is -3.61. The van der Waals surface area contributed by atoms with Crippen LogP contribution in [0.1, 0.15) is 55.2 Å². The number of benzene rings is 2. The van der Waals surface area contributed by atoms with Gasteiger partial charge in [-0.2, -0.15) is 0 Å². The van der Waals surface area contributed by atoms with Crippen molar-refractivity contribution in [2.45, 2.75) is 45.6 Å². The molecular formula is C34H48N6O5S. The number of hydrogen-bond donors (Lipinski definition) is 2. The number of piperazine rings is 1. The van der Waals surface area contributed by atoms with Gasteiger partial charge in [0.25, 0.3) is 5.91 Å². The summed E-state index contributed by atoms with van der Waals surface area (Å²) in [6.07, 6.45) is 2.79. The van der Waals surface area contributed by atoms with E-state index in [-0.39, 0.29) is 28.7 Å². The number of hydrogen-bond acceptors (Lipinski definition) is 7. The van der Waals surface area contributed by atoms with Gasteiger partial charge in [0.05, 0.1) is 30.3 Å². The summed E-state index contributed by atoms with van der Waals surface area (Å²) < 4.78 is 34.3. The van der Waals surface area contributed by atoms with Crippen LogP contribution in [0.15, 0.2) is 36.4 Å². The van der Waals surface area contributed by atoms with Crippen molar-refractivity contribution in [2.24, 2.45) is 13.0 Å². The number of nitrogens with zero attached hydrogens (tertiary/aromatic N) is 4. The predicted octanol–water partition coefficient (Wildman–Crippen LogP) is 4.09. The Morgan fingerprint density at radius 2 is 1.61 bits per heavy atom. The second kappa shape index (κ2) is 13.2. The summed E-state index contributed by atoms with van der Waals surface area (Å²) in [7, 11) is 1.84. The third kappa shape index (κ3) is 7.50. The minimum Gasteiger partial charge on any atom is -0.492 e. The number of rotatable bonds is 8. The topological polar surface area (TPSA) is 116 Å². The number of ether oxygens (including phenoxy) is 1. The van der Waals surface area contributed by atoms with Crippen molar-refractivity contribution in [1.82, 2.24) is 19.3 Å². The molecule has 2 aliphatic rings. The minimum absolute atomic E-state index is 0.0858. The molecule has 0 aliphatic carbocycles. The van der Waals surface area contributed by atoms with Crippen LogP contribution in [-0.4, -0.2) is 99.2 Å². The highest BCUT2D eigenvalue weighted by Gasteiger charge is 2.30. The van der Waals surface area contributed by atoms with E-state index < -0.39 is 10.0 Å². The van der Waals surface area contributed by atoms with Gasteiger partial charge in [-0.05, 0) is 67.7 Å². The van der Waals surface area contributed by atoms with Gasteiger partial charge in [-0.3, -0.25) is 19.2 Å². The highest BCUT2D eigenvalue weighted by Crippen LogP contribution is 2.39. The molecule has 0 atom stereocenters. The molecule has 11 nitrogen and oxygen atoms in total. The van der Waals surface area contributed by atoms with Gasteiger partial charge in [-0.25, -0.2) is 8.42 Å². The summed E-state index contributed by atoms with van der Waals surface area (Å²) in [6, 6.07) is 11.6. The number of piperidine rings is 1. The molecule has 12 heteroatoms. The number of aromatic nitrogens is 1. The molecule has 2 saturated heterocycles. The van der Waals surface area contributed by atoms with Crippen LogP contribution in [0.3, 0.4) is 0 Å². The van der Waals surface area contributed by atoms with E-state index in [2.05, 4.69) is 33.0 Å². The Kier molecular flexibility index (Phi) is 9.72. The fourth-order valence-corrected chi connectivity index (χ4v) is 7.10.